The highest BCUT2D eigenvalue weighted by Gasteiger charge is 2.35. The van der Waals surface area contributed by atoms with Crippen LogP contribution in [0, 0.1) is 5.92 Å². The Hall–Kier alpha value is -1.51. The van der Waals surface area contributed by atoms with Crippen LogP contribution in [0.3, 0.4) is 0 Å². The van der Waals surface area contributed by atoms with Crippen molar-refractivity contribution in [3.05, 3.63) is 33.8 Å². The first-order valence-electron chi connectivity index (χ1n) is 13.2. The predicted octanol–water partition coefficient (Wildman–Crippen LogP) is 1.45. The Kier molecular flexibility index (Phi) is 15.5. The lowest BCUT2D eigenvalue weighted by Gasteiger charge is -2.31. The monoisotopic (exact) mass is 672 g/mol. The van der Waals surface area contributed by atoms with Crippen LogP contribution in [-0.2, 0) is 28.0 Å². The Morgan fingerprint density at radius 1 is 1.12 bits per heavy atom. The van der Waals surface area contributed by atoms with E-state index >= 15 is 0 Å². The molecule has 0 bridgehead atoms. The molecular formula is C23H37BCl2N4O10P2. The number of carbonyl (C=O) groups excluding carboxylic acids is 3. The number of rotatable bonds is 14. The summed E-state index contributed by atoms with van der Waals surface area (Å²) in [5.41, 5.74) is -1.95. The van der Waals surface area contributed by atoms with E-state index in [4.69, 9.17) is 47.2 Å². The average molecular weight is 673 g/mol. The van der Waals surface area contributed by atoms with Gasteiger partial charge in [0.05, 0.1) is 23.1 Å². The molecule has 2 rings (SSSR count). The van der Waals surface area contributed by atoms with Crippen LogP contribution in [0.1, 0.15) is 43.5 Å². The summed E-state index contributed by atoms with van der Waals surface area (Å²) in [5.74, 6) is -2.01. The second-order valence-corrected chi connectivity index (χ2v) is 14.3. The molecule has 3 amide bonds. The van der Waals surface area contributed by atoms with E-state index < -0.39 is 51.9 Å². The van der Waals surface area contributed by atoms with Crippen LogP contribution in [0.25, 0.3) is 0 Å². The Morgan fingerprint density at radius 3 is 2.33 bits per heavy atom. The van der Waals surface area contributed by atoms with Crippen LogP contribution in [-0.4, -0.2) is 95.3 Å². The maximum atomic E-state index is 12.7. The summed E-state index contributed by atoms with van der Waals surface area (Å²) in [6.45, 7) is 5.65. The van der Waals surface area contributed by atoms with Crippen LogP contribution < -0.4 is 16.0 Å². The molecule has 0 radical (unpaired) electrons. The molecular weight excluding hydrogens is 636 g/mol. The number of nitrogens with zero attached hydrogens (tertiary/aromatic N) is 1. The largest absolute Gasteiger partial charge is 0.480 e. The highest BCUT2D eigenvalue weighted by Crippen LogP contribution is 2.49. The van der Waals surface area contributed by atoms with Crippen molar-refractivity contribution in [3.63, 3.8) is 0 Å². The zero-order chi connectivity index (χ0) is 31.4. The van der Waals surface area contributed by atoms with Gasteiger partial charge in [0.2, 0.25) is 25.4 Å². The number of hydrogen-bond acceptors (Lipinski definition) is 8. The number of hydrogen-bond donors (Lipinski definition) is 6. The zero-order valence-electron chi connectivity index (χ0n) is 23.3. The van der Waals surface area contributed by atoms with Crippen LogP contribution in [0.2, 0.25) is 10.0 Å². The number of amides is 3. The lowest BCUT2D eigenvalue weighted by Crippen LogP contribution is -2.54. The molecule has 0 aliphatic carbocycles. The summed E-state index contributed by atoms with van der Waals surface area (Å²) in [6, 6.07) is 4.46. The summed E-state index contributed by atoms with van der Waals surface area (Å²) in [4.78, 5) is 66.5. The van der Waals surface area contributed by atoms with Gasteiger partial charge in [-0.05, 0) is 43.5 Å². The van der Waals surface area contributed by atoms with Gasteiger partial charge in [-0.3, -0.25) is 28.4 Å². The van der Waals surface area contributed by atoms with Gasteiger partial charge in [0.1, 0.15) is 0 Å². The third-order valence-corrected chi connectivity index (χ3v) is 9.76. The molecule has 1 heterocycles. The van der Waals surface area contributed by atoms with Crippen molar-refractivity contribution in [3.8, 4) is 0 Å². The molecule has 3 atom stereocenters. The number of nitrogens with one attached hydrogen (secondary N) is 3. The minimum absolute atomic E-state index is 0.102. The maximum Gasteiger partial charge on any atom is 0.480 e. The molecule has 236 valence electrons. The van der Waals surface area contributed by atoms with Gasteiger partial charge in [-0.15, -0.1) is 0 Å². The fourth-order valence-electron chi connectivity index (χ4n) is 4.12. The molecule has 1 aliphatic heterocycles. The van der Waals surface area contributed by atoms with Gasteiger partial charge in [0.25, 0.3) is 5.91 Å². The van der Waals surface area contributed by atoms with E-state index in [1.54, 1.807) is 6.07 Å². The average Bonchev–Trinajstić information content (AvgIpc) is 2.87. The minimum atomic E-state index is -4.96. The van der Waals surface area contributed by atoms with Crippen LogP contribution in [0.4, 0.5) is 0 Å². The van der Waals surface area contributed by atoms with Gasteiger partial charge in [0.15, 0.2) is 0 Å². The van der Waals surface area contributed by atoms with E-state index in [0.717, 1.165) is 0 Å². The van der Waals surface area contributed by atoms with E-state index in [1.807, 2.05) is 24.1 Å². The zero-order valence-corrected chi connectivity index (χ0v) is 26.7. The Labute approximate surface area is 255 Å². The molecule has 1 aromatic rings. The summed E-state index contributed by atoms with van der Waals surface area (Å²) < 4.78 is 34.3. The lowest BCUT2D eigenvalue weighted by atomic mass is 9.73. The number of halogens is 2. The molecule has 0 saturated carbocycles. The van der Waals surface area contributed by atoms with Gasteiger partial charge in [-0.1, -0.05) is 37.0 Å². The normalized spacial score (nSPS) is 17.1. The number of benzene rings is 1. The molecule has 1 aliphatic rings. The third kappa shape index (κ3) is 13.0. The standard InChI is InChI=1S/C23H37BCl2N4O10P2/c1-15(2)12-19(28-21(32)14-27-22(33)17-13-16(25)5-6-18(17)26)24-39-10-8-30(9-11-40-24)7-3-4-20(31)29-23(41(34)35)42(36,37)38/h5-6,13,15,19,23,41H,3-4,7-12,14H2,1-2H3,(H,27,33)(H,28,32)(H,29,31)(H,34,35)(H2,36,37,38)/t19-,23?/m1/s1. The smallest absolute Gasteiger partial charge is 0.408 e. The molecule has 19 heteroatoms. The molecule has 14 nitrogen and oxygen atoms in total. The second-order valence-electron chi connectivity index (χ2n) is 10.1. The first-order valence-corrected chi connectivity index (χ1v) is 17.1. The quantitative estimate of drug-likeness (QED) is 0.123. The molecule has 6 N–H and O–H groups in total. The molecule has 1 aromatic carbocycles. The van der Waals surface area contributed by atoms with Crippen molar-refractivity contribution in [2.24, 2.45) is 5.92 Å². The van der Waals surface area contributed by atoms with Crippen molar-refractivity contribution >= 4 is 63.7 Å². The lowest BCUT2D eigenvalue weighted by molar-refractivity contribution is -0.121. The van der Waals surface area contributed by atoms with Crippen LogP contribution in [0.15, 0.2) is 18.2 Å². The van der Waals surface area contributed by atoms with Gasteiger partial charge in [-0.25, -0.2) is 0 Å². The SMILES string of the molecule is CC(C)C[C@@H](NC(=O)CNC(=O)c1cc(Cl)ccc1Cl)B1OCCN(CCCC(=O)NC([PH](=O)O)P(=O)(O)O)CCO1. The van der Waals surface area contributed by atoms with Crippen molar-refractivity contribution in [1.82, 2.24) is 20.9 Å². The van der Waals surface area contributed by atoms with Crippen molar-refractivity contribution in [2.45, 2.75) is 44.6 Å². The summed E-state index contributed by atoms with van der Waals surface area (Å²) in [7, 11) is -9.36. The van der Waals surface area contributed by atoms with Crippen molar-refractivity contribution in [2.75, 3.05) is 39.4 Å². The van der Waals surface area contributed by atoms with E-state index in [0.29, 0.717) is 37.5 Å². The van der Waals surface area contributed by atoms with E-state index in [-0.39, 0.29) is 42.7 Å². The summed E-state index contributed by atoms with van der Waals surface area (Å²) >= 11 is 12.0. The maximum absolute atomic E-state index is 12.7. The van der Waals surface area contributed by atoms with Gasteiger partial charge in [0, 0.05) is 37.7 Å². The second kappa shape index (κ2) is 17.7. The van der Waals surface area contributed by atoms with Gasteiger partial charge >= 0.3 is 14.7 Å². The van der Waals surface area contributed by atoms with Crippen molar-refractivity contribution in [1.29, 1.82) is 0 Å². The van der Waals surface area contributed by atoms with E-state index in [9.17, 15) is 23.5 Å². The molecule has 42 heavy (non-hydrogen) atoms. The van der Waals surface area contributed by atoms with Crippen LogP contribution in [0.5, 0.6) is 0 Å². The Morgan fingerprint density at radius 2 is 1.76 bits per heavy atom. The third-order valence-electron chi connectivity index (χ3n) is 6.11. The summed E-state index contributed by atoms with van der Waals surface area (Å²) in [5, 5.41) is 7.89. The minimum Gasteiger partial charge on any atom is -0.408 e. The summed E-state index contributed by atoms with van der Waals surface area (Å²) in [6.07, 6.45) is 0.780. The highest BCUT2D eigenvalue weighted by atomic mass is 35.5. The number of carbonyl (C=O) groups is 3. The van der Waals surface area contributed by atoms with Gasteiger partial charge in [-0.2, -0.15) is 0 Å². The molecule has 0 aromatic heterocycles. The van der Waals surface area contributed by atoms with E-state index in [2.05, 4.69) is 10.6 Å². The topological polar surface area (TPSA) is 204 Å². The molecule has 1 fully saturated rings. The predicted molar refractivity (Wildman–Crippen MR) is 159 cm³/mol. The van der Waals surface area contributed by atoms with Crippen molar-refractivity contribution < 1.29 is 47.5 Å². The first kappa shape index (κ1) is 36.7. The molecule has 0 spiro atoms. The highest BCUT2D eigenvalue weighted by molar-refractivity contribution is 7.65. The fourth-order valence-corrected chi connectivity index (χ4v) is 6.24. The fraction of sp³-hybridized carbons (Fsp3) is 0.609. The Bertz CT molecular complexity index is 1150. The molecule has 2 unspecified atom stereocenters. The first-order chi connectivity index (χ1) is 19.7. The molecule has 1 saturated heterocycles. The van der Waals surface area contributed by atoms with Crippen LogP contribution >= 0.6 is 38.8 Å². The van der Waals surface area contributed by atoms with E-state index in [1.165, 1.54) is 12.1 Å². The Balaban J connectivity index is 1.82. The van der Waals surface area contributed by atoms with Gasteiger partial charge < -0.3 is 39.9 Å².